The number of nitrogens with one attached hydrogen (secondary N) is 1. The summed E-state index contributed by atoms with van der Waals surface area (Å²) in [4.78, 5) is 3.95. The summed E-state index contributed by atoms with van der Waals surface area (Å²) in [5.74, 6) is -0.962. The Morgan fingerprint density at radius 1 is 1.38 bits per heavy atom. The summed E-state index contributed by atoms with van der Waals surface area (Å²) in [6, 6.07) is 5.30. The van der Waals surface area contributed by atoms with Gasteiger partial charge >= 0.3 is 0 Å². The molecule has 138 valence electrons. The standard InChI is InChI=1S/C14H15Cl2N3O2.C2H3N3/c1-2-11-6-20-14(21-11,7-19-9-17-8-18-19)12-4-3-10(15)5-13(12)16;1-2-4-5-3-1/h3-5,8-9,11H,2,6-7H2,1H3;1-2H,(H,3,4,5). The lowest BCUT2D eigenvalue weighted by atomic mass is 10.1. The molecule has 1 aromatic carbocycles. The highest BCUT2D eigenvalue weighted by molar-refractivity contribution is 6.35. The molecule has 26 heavy (non-hydrogen) atoms. The van der Waals surface area contributed by atoms with Crippen molar-refractivity contribution in [3.63, 3.8) is 0 Å². The van der Waals surface area contributed by atoms with Gasteiger partial charge in [-0.15, -0.1) is 5.10 Å². The first-order chi connectivity index (χ1) is 12.6. The SMILES string of the molecule is CCC1COC(Cn2cncn2)(c2ccc(Cl)cc2Cl)O1.c1c[nH]nn1. The van der Waals surface area contributed by atoms with Gasteiger partial charge in [0.25, 0.3) is 0 Å². The van der Waals surface area contributed by atoms with Crippen LogP contribution in [0.15, 0.2) is 43.2 Å². The van der Waals surface area contributed by atoms with Crippen LogP contribution < -0.4 is 0 Å². The lowest BCUT2D eigenvalue weighted by Crippen LogP contribution is -2.34. The summed E-state index contributed by atoms with van der Waals surface area (Å²) in [6.45, 7) is 2.96. The number of aromatic nitrogens is 6. The molecule has 2 atom stereocenters. The highest BCUT2D eigenvalue weighted by atomic mass is 35.5. The largest absolute Gasteiger partial charge is 0.342 e. The average molecular weight is 397 g/mol. The molecule has 0 saturated carbocycles. The molecule has 0 amide bonds. The highest BCUT2D eigenvalue weighted by Gasteiger charge is 2.44. The summed E-state index contributed by atoms with van der Waals surface area (Å²) < 4.78 is 13.8. The monoisotopic (exact) mass is 396 g/mol. The number of halogens is 2. The van der Waals surface area contributed by atoms with Crippen LogP contribution in [0.3, 0.4) is 0 Å². The third kappa shape index (κ3) is 4.39. The summed E-state index contributed by atoms with van der Waals surface area (Å²) in [6.07, 6.45) is 7.23. The topological polar surface area (TPSA) is 90.7 Å². The highest BCUT2D eigenvalue weighted by Crippen LogP contribution is 2.40. The molecule has 0 spiro atoms. The van der Waals surface area contributed by atoms with Crippen molar-refractivity contribution in [2.75, 3.05) is 6.61 Å². The third-order valence-corrected chi connectivity index (χ3v) is 4.37. The Labute approximate surface area is 160 Å². The van der Waals surface area contributed by atoms with E-state index in [-0.39, 0.29) is 6.10 Å². The number of benzene rings is 1. The van der Waals surface area contributed by atoms with Gasteiger partial charge in [-0.2, -0.15) is 5.10 Å². The van der Waals surface area contributed by atoms with Crippen LogP contribution in [0.4, 0.5) is 0 Å². The maximum Gasteiger partial charge on any atom is 0.217 e. The Balaban J connectivity index is 0.000000339. The van der Waals surface area contributed by atoms with Gasteiger partial charge < -0.3 is 9.47 Å². The second-order valence-corrected chi connectivity index (χ2v) is 6.43. The normalized spacial score (nSPS) is 22.0. The van der Waals surface area contributed by atoms with Crippen molar-refractivity contribution in [3.8, 4) is 0 Å². The van der Waals surface area contributed by atoms with E-state index in [2.05, 4.69) is 32.4 Å². The first kappa shape index (κ1) is 18.8. The van der Waals surface area contributed by atoms with Crippen LogP contribution in [0.5, 0.6) is 0 Å². The molecule has 0 radical (unpaired) electrons. The van der Waals surface area contributed by atoms with E-state index in [0.29, 0.717) is 23.2 Å². The zero-order valence-electron chi connectivity index (χ0n) is 14.0. The van der Waals surface area contributed by atoms with Crippen molar-refractivity contribution in [1.29, 1.82) is 0 Å². The number of hydrogen-bond acceptors (Lipinski definition) is 6. The van der Waals surface area contributed by atoms with Gasteiger partial charge in [-0.3, -0.25) is 5.10 Å². The maximum atomic E-state index is 6.34. The maximum absolute atomic E-state index is 6.34. The van der Waals surface area contributed by atoms with Gasteiger partial charge in [-0.25, -0.2) is 9.67 Å². The van der Waals surface area contributed by atoms with Crippen LogP contribution in [0.25, 0.3) is 0 Å². The van der Waals surface area contributed by atoms with Crippen molar-refractivity contribution in [3.05, 3.63) is 58.9 Å². The molecule has 1 aliphatic heterocycles. The average Bonchev–Trinajstić information content (AvgIpc) is 3.39. The number of hydrogen-bond donors (Lipinski definition) is 1. The molecule has 8 nitrogen and oxygen atoms in total. The third-order valence-electron chi connectivity index (χ3n) is 3.82. The molecule has 0 aliphatic carbocycles. The molecule has 3 heterocycles. The molecule has 4 rings (SSSR count). The second kappa shape index (κ2) is 8.59. The fraction of sp³-hybridized carbons (Fsp3) is 0.375. The number of ether oxygens (including phenoxy) is 2. The van der Waals surface area contributed by atoms with Gasteiger partial charge in [-0.05, 0) is 18.6 Å². The second-order valence-electron chi connectivity index (χ2n) is 5.59. The van der Waals surface area contributed by atoms with Gasteiger partial charge in [0.05, 0.1) is 23.9 Å². The van der Waals surface area contributed by atoms with Crippen LogP contribution in [-0.4, -0.2) is 42.9 Å². The molecule has 2 aromatic heterocycles. The van der Waals surface area contributed by atoms with E-state index < -0.39 is 5.79 Å². The molecular weight excluding hydrogens is 379 g/mol. The Hall–Kier alpha value is -2.00. The van der Waals surface area contributed by atoms with Crippen LogP contribution in [0.2, 0.25) is 10.0 Å². The number of aromatic amines is 1. The molecule has 10 heteroatoms. The molecule has 1 saturated heterocycles. The van der Waals surface area contributed by atoms with Crippen molar-refractivity contribution in [1.82, 2.24) is 30.2 Å². The zero-order valence-corrected chi connectivity index (χ0v) is 15.6. The smallest absolute Gasteiger partial charge is 0.217 e. The van der Waals surface area contributed by atoms with Gasteiger partial charge in [0.2, 0.25) is 5.79 Å². The minimum Gasteiger partial charge on any atom is -0.342 e. The summed E-state index contributed by atoms with van der Waals surface area (Å²) in [5, 5.41) is 14.5. The molecular formula is C16H18Cl2N6O2. The molecule has 3 aromatic rings. The number of H-pyrrole nitrogens is 1. The predicted molar refractivity (Wildman–Crippen MR) is 95.7 cm³/mol. The molecule has 1 aliphatic rings. The molecule has 1 fully saturated rings. The van der Waals surface area contributed by atoms with Crippen LogP contribution in [0.1, 0.15) is 18.9 Å². The number of nitrogens with zero attached hydrogens (tertiary/aromatic N) is 5. The van der Waals surface area contributed by atoms with E-state index in [4.69, 9.17) is 32.7 Å². The fourth-order valence-electron chi connectivity index (χ4n) is 2.57. The van der Waals surface area contributed by atoms with E-state index in [1.807, 2.05) is 6.07 Å². The van der Waals surface area contributed by atoms with E-state index in [9.17, 15) is 0 Å². The zero-order chi connectivity index (χ0) is 18.4. The first-order valence-electron chi connectivity index (χ1n) is 8.03. The van der Waals surface area contributed by atoms with E-state index >= 15 is 0 Å². The molecule has 1 N–H and O–H groups in total. The van der Waals surface area contributed by atoms with Crippen LogP contribution in [0, 0.1) is 0 Å². The van der Waals surface area contributed by atoms with Crippen LogP contribution >= 0.6 is 23.2 Å². The first-order valence-corrected chi connectivity index (χ1v) is 8.78. The lowest BCUT2D eigenvalue weighted by molar-refractivity contribution is -0.188. The van der Waals surface area contributed by atoms with Gasteiger partial charge in [0, 0.05) is 16.8 Å². The van der Waals surface area contributed by atoms with Crippen molar-refractivity contribution in [2.45, 2.75) is 31.8 Å². The minimum atomic E-state index is -0.962. The molecule has 0 bridgehead atoms. The van der Waals surface area contributed by atoms with Gasteiger partial charge in [-0.1, -0.05) is 41.4 Å². The van der Waals surface area contributed by atoms with Crippen molar-refractivity contribution in [2.24, 2.45) is 0 Å². The summed E-state index contributed by atoms with van der Waals surface area (Å²) >= 11 is 12.3. The summed E-state index contributed by atoms with van der Waals surface area (Å²) in [7, 11) is 0. The van der Waals surface area contributed by atoms with Gasteiger partial charge in [0.1, 0.15) is 19.2 Å². The van der Waals surface area contributed by atoms with E-state index in [1.165, 1.54) is 6.33 Å². The van der Waals surface area contributed by atoms with Crippen LogP contribution in [-0.2, 0) is 21.8 Å². The summed E-state index contributed by atoms with van der Waals surface area (Å²) in [5.41, 5.74) is 0.750. The Kier molecular flexibility index (Phi) is 6.20. The predicted octanol–water partition coefficient (Wildman–Crippen LogP) is 3.07. The Bertz CT molecular complexity index is 782. The van der Waals surface area contributed by atoms with Gasteiger partial charge in [0.15, 0.2) is 0 Å². The fourth-order valence-corrected chi connectivity index (χ4v) is 3.12. The minimum absolute atomic E-state index is 0.0280. The molecule has 2 unspecified atom stereocenters. The Morgan fingerprint density at radius 2 is 2.27 bits per heavy atom. The van der Waals surface area contributed by atoms with E-state index in [1.54, 1.807) is 35.5 Å². The quantitative estimate of drug-likeness (QED) is 0.728. The van der Waals surface area contributed by atoms with Crippen molar-refractivity contribution < 1.29 is 9.47 Å². The Morgan fingerprint density at radius 3 is 2.81 bits per heavy atom. The van der Waals surface area contributed by atoms with Crippen molar-refractivity contribution >= 4 is 23.2 Å². The lowest BCUT2D eigenvalue weighted by Gasteiger charge is -2.29. The van der Waals surface area contributed by atoms with E-state index in [0.717, 1.165) is 12.0 Å². The number of rotatable bonds is 4.